The van der Waals surface area contributed by atoms with Gasteiger partial charge in [-0.3, -0.25) is 14.5 Å². The van der Waals surface area contributed by atoms with Crippen molar-refractivity contribution in [3.05, 3.63) is 71.8 Å². The number of para-hydroxylation sites is 1. The van der Waals surface area contributed by atoms with Gasteiger partial charge in [-0.15, -0.1) is 11.6 Å². The molecule has 0 saturated carbocycles. The summed E-state index contributed by atoms with van der Waals surface area (Å²) in [6.45, 7) is 7.00. The van der Waals surface area contributed by atoms with Crippen LogP contribution in [0.5, 0.6) is 5.75 Å². The molecule has 1 atom stereocenters. The molecule has 3 rings (SSSR count). The van der Waals surface area contributed by atoms with Gasteiger partial charge in [-0.05, 0) is 18.1 Å². The molecular formula is C30H40ClN3O3. The first kappa shape index (κ1) is 28.7. The first-order chi connectivity index (χ1) is 18.0. The average Bonchev–Trinajstić information content (AvgIpc) is 2.95. The molecule has 1 saturated heterocycles. The lowest BCUT2D eigenvalue weighted by Crippen LogP contribution is -2.51. The third-order valence-corrected chi connectivity index (χ3v) is 7.23. The van der Waals surface area contributed by atoms with Crippen LogP contribution in [-0.4, -0.2) is 79.4 Å². The van der Waals surface area contributed by atoms with Gasteiger partial charge in [0.1, 0.15) is 11.1 Å². The zero-order chi connectivity index (χ0) is 26.5. The van der Waals surface area contributed by atoms with Crippen molar-refractivity contribution in [1.82, 2.24) is 14.7 Å². The number of alkyl halides is 1. The fourth-order valence-corrected chi connectivity index (χ4v) is 4.78. The first-order valence-electron chi connectivity index (χ1n) is 13.3. The highest BCUT2D eigenvalue weighted by Gasteiger charge is 2.27. The van der Waals surface area contributed by atoms with E-state index in [0.717, 1.165) is 55.8 Å². The van der Waals surface area contributed by atoms with Gasteiger partial charge in [-0.25, -0.2) is 0 Å². The maximum absolute atomic E-state index is 13.0. The molecule has 7 heteroatoms. The number of nitrogens with zero attached hydrogens (tertiary/aromatic N) is 3. The van der Waals surface area contributed by atoms with Gasteiger partial charge in [0.25, 0.3) is 0 Å². The molecule has 0 N–H and O–H groups in total. The Hall–Kier alpha value is -2.83. The van der Waals surface area contributed by atoms with Crippen molar-refractivity contribution in [2.24, 2.45) is 0 Å². The average molecular weight is 526 g/mol. The maximum atomic E-state index is 13.0. The summed E-state index contributed by atoms with van der Waals surface area (Å²) in [6.07, 6.45) is 7.72. The molecule has 200 valence electrons. The molecule has 0 aromatic heterocycles. The van der Waals surface area contributed by atoms with Crippen molar-refractivity contribution in [1.29, 1.82) is 0 Å². The number of carbonyl (C=O) groups is 2. The number of benzene rings is 2. The SMILES string of the molecule is CCCCCC(=O)N(C/C=C/c1ccccc1OC)CCN1CCN(C(=O)C(Cl)c2ccccc2)CC1. The molecule has 0 aliphatic carbocycles. The first-order valence-corrected chi connectivity index (χ1v) is 13.7. The molecule has 1 aliphatic heterocycles. The highest BCUT2D eigenvalue weighted by molar-refractivity contribution is 6.30. The number of carbonyl (C=O) groups excluding carboxylic acids is 2. The van der Waals surface area contributed by atoms with Crippen LogP contribution in [-0.2, 0) is 9.59 Å². The van der Waals surface area contributed by atoms with E-state index in [2.05, 4.69) is 11.8 Å². The van der Waals surface area contributed by atoms with Gasteiger partial charge in [0.05, 0.1) is 7.11 Å². The van der Waals surface area contributed by atoms with Gasteiger partial charge in [-0.2, -0.15) is 0 Å². The van der Waals surface area contributed by atoms with Crippen LogP contribution >= 0.6 is 11.6 Å². The third kappa shape index (κ3) is 8.90. The number of amides is 2. The molecule has 0 radical (unpaired) electrons. The number of unbranched alkanes of at least 4 members (excludes halogenated alkanes) is 2. The van der Waals surface area contributed by atoms with E-state index in [-0.39, 0.29) is 11.8 Å². The lowest BCUT2D eigenvalue weighted by atomic mass is 10.1. The van der Waals surface area contributed by atoms with Crippen LogP contribution in [0, 0.1) is 0 Å². The minimum atomic E-state index is -0.654. The van der Waals surface area contributed by atoms with Crippen molar-refractivity contribution in [3.8, 4) is 5.75 Å². The number of hydrogen-bond acceptors (Lipinski definition) is 4. The van der Waals surface area contributed by atoms with E-state index in [1.165, 1.54) is 0 Å². The van der Waals surface area contributed by atoms with Crippen LogP contribution in [0.15, 0.2) is 60.7 Å². The van der Waals surface area contributed by atoms with Gasteiger partial charge < -0.3 is 14.5 Å². The summed E-state index contributed by atoms with van der Waals surface area (Å²) in [6, 6.07) is 17.4. The largest absolute Gasteiger partial charge is 0.496 e. The zero-order valence-electron chi connectivity index (χ0n) is 22.2. The Balaban J connectivity index is 1.52. The molecule has 0 spiro atoms. The predicted octanol–water partition coefficient (Wildman–Crippen LogP) is 5.24. The molecule has 2 aromatic rings. The van der Waals surface area contributed by atoms with Gasteiger partial charge in [0.2, 0.25) is 11.8 Å². The lowest BCUT2D eigenvalue weighted by Gasteiger charge is -2.36. The maximum Gasteiger partial charge on any atom is 0.245 e. The zero-order valence-corrected chi connectivity index (χ0v) is 22.9. The van der Waals surface area contributed by atoms with E-state index in [1.807, 2.05) is 76.5 Å². The second kappa shape index (κ2) is 15.4. The third-order valence-electron chi connectivity index (χ3n) is 6.79. The highest BCUT2D eigenvalue weighted by Crippen LogP contribution is 2.23. The van der Waals surface area contributed by atoms with E-state index in [4.69, 9.17) is 16.3 Å². The summed E-state index contributed by atoms with van der Waals surface area (Å²) in [4.78, 5) is 32.0. The second-order valence-electron chi connectivity index (χ2n) is 9.38. The Morgan fingerprint density at radius 2 is 1.73 bits per heavy atom. The highest BCUT2D eigenvalue weighted by atomic mass is 35.5. The number of methoxy groups -OCH3 is 1. The minimum absolute atomic E-state index is 0.0401. The number of piperazine rings is 1. The summed E-state index contributed by atoms with van der Waals surface area (Å²) in [5, 5.41) is -0.654. The fourth-order valence-electron chi connectivity index (χ4n) is 4.49. The molecule has 2 aromatic carbocycles. The van der Waals surface area contributed by atoms with Crippen LogP contribution in [0.3, 0.4) is 0 Å². The van der Waals surface area contributed by atoms with E-state index in [9.17, 15) is 9.59 Å². The van der Waals surface area contributed by atoms with Crippen molar-refractivity contribution < 1.29 is 14.3 Å². The van der Waals surface area contributed by atoms with Crippen molar-refractivity contribution >= 4 is 29.5 Å². The Kier molecular flexibility index (Phi) is 12.0. The van der Waals surface area contributed by atoms with Crippen LogP contribution in [0.25, 0.3) is 6.08 Å². The summed E-state index contributed by atoms with van der Waals surface area (Å²) >= 11 is 6.46. The Morgan fingerprint density at radius 3 is 2.43 bits per heavy atom. The van der Waals surface area contributed by atoms with Crippen molar-refractivity contribution in [3.63, 3.8) is 0 Å². The number of rotatable bonds is 13. The Labute approximate surface area is 226 Å². The van der Waals surface area contributed by atoms with Crippen LogP contribution in [0.4, 0.5) is 0 Å². The van der Waals surface area contributed by atoms with E-state index in [1.54, 1.807) is 7.11 Å². The van der Waals surface area contributed by atoms with Crippen molar-refractivity contribution in [2.45, 2.75) is 38.0 Å². The van der Waals surface area contributed by atoms with Gasteiger partial charge >= 0.3 is 0 Å². The quantitative estimate of drug-likeness (QED) is 0.265. The molecular weight excluding hydrogens is 486 g/mol. The number of hydrogen-bond donors (Lipinski definition) is 0. The lowest BCUT2D eigenvalue weighted by molar-refractivity contribution is -0.132. The van der Waals surface area contributed by atoms with Crippen LogP contribution < -0.4 is 4.74 Å². The molecule has 37 heavy (non-hydrogen) atoms. The van der Waals surface area contributed by atoms with Gasteiger partial charge in [0.15, 0.2) is 0 Å². The number of ether oxygens (including phenoxy) is 1. The summed E-state index contributed by atoms with van der Waals surface area (Å²) < 4.78 is 5.43. The van der Waals surface area contributed by atoms with Gasteiger partial charge in [0, 0.05) is 57.8 Å². The molecule has 1 unspecified atom stereocenters. The Bertz CT molecular complexity index is 1010. The standard InChI is InChI=1S/C30H40ClN3O3/c1-3-4-6-17-28(35)33(18-11-15-25-12-9-10-16-27(25)37-2)22-19-32-20-23-34(24-21-32)30(36)29(31)26-13-7-5-8-14-26/h5,7-16,29H,3-4,6,17-24H2,1-2H3/b15-11+. The monoisotopic (exact) mass is 525 g/mol. The summed E-state index contributed by atoms with van der Waals surface area (Å²) in [7, 11) is 1.67. The normalized spacial score (nSPS) is 15.1. The van der Waals surface area contributed by atoms with E-state index in [0.29, 0.717) is 32.6 Å². The molecule has 1 heterocycles. The summed E-state index contributed by atoms with van der Waals surface area (Å²) in [5.74, 6) is 0.972. The molecule has 2 amide bonds. The van der Waals surface area contributed by atoms with Crippen LogP contribution in [0.2, 0.25) is 0 Å². The molecule has 0 bridgehead atoms. The predicted molar refractivity (Wildman–Crippen MR) is 151 cm³/mol. The van der Waals surface area contributed by atoms with Gasteiger partial charge in [-0.1, -0.05) is 80.4 Å². The van der Waals surface area contributed by atoms with E-state index < -0.39 is 5.38 Å². The van der Waals surface area contributed by atoms with Crippen molar-refractivity contribution in [2.75, 3.05) is 52.9 Å². The Morgan fingerprint density at radius 1 is 1.03 bits per heavy atom. The van der Waals surface area contributed by atoms with E-state index >= 15 is 0 Å². The smallest absolute Gasteiger partial charge is 0.245 e. The van der Waals surface area contributed by atoms with Crippen LogP contribution in [0.1, 0.15) is 49.1 Å². The number of halogens is 1. The molecule has 1 fully saturated rings. The molecule has 6 nitrogen and oxygen atoms in total. The minimum Gasteiger partial charge on any atom is -0.496 e. The second-order valence-corrected chi connectivity index (χ2v) is 9.82. The summed E-state index contributed by atoms with van der Waals surface area (Å²) in [5.41, 5.74) is 1.83. The molecule has 1 aliphatic rings. The topological polar surface area (TPSA) is 53.1 Å². The fraction of sp³-hybridized carbons (Fsp3) is 0.467.